The van der Waals surface area contributed by atoms with Crippen LogP contribution in [0.3, 0.4) is 0 Å². The van der Waals surface area contributed by atoms with E-state index in [0.29, 0.717) is 12.2 Å². The Kier molecular flexibility index (Phi) is 5.18. The molecule has 0 unspecified atom stereocenters. The summed E-state index contributed by atoms with van der Waals surface area (Å²) >= 11 is 1.72. The van der Waals surface area contributed by atoms with E-state index in [0.717, 1.165) is 5.75 Å². The summed E-state index contributed by atoms with van der Waals surface area (Å²) in [6.07, 6.45) is 0. The van der Waals surface area contributed by atoms with E-state index in [-0.39, 0.29) is 11.3 Å². The van der Waals surface area contributed by atoms with Gasteiger partial charge < -0.3 is 5.32 Å². The van der Waals surface area contributed by atoms with Gasteiger partial charge in [-0.1, -0.05) is 18.2 Å². The van der Waals surface area contributed by atoms with Crippen LogP contribution >= 0.6 is 11.8 Å². The van der Waals surface area contributed by atoms with Crippen LogP contribution in [-0.4, -0.2) is 17.2 Å². The zero-order valence-electron chi connectivity index (χ0n) is 11.2. The lowest BCUT2D eigenvalue weighted by molar-refractivity contribution is -0.385. The van der Waals surface area contributed by atoms with E-state index in [2.05, 4.69) is 5.32 Å². The molecule has 6 heteroatoms. The highest BCUT2D eigenvalue weighted by Crippen LogP contribution is 2.22. The Morgan fingerprint density at radius 2 is 2.00 bits per heavy atom. The molecule has 0 spiro atoms. The number of nitro groups is 1. The van der Waals surface area contributed by atoms with Crippen LogP contribution in [0.25, 0.3) is 0 Å². The Balaban J connectivity index is 1.89. The maximum absolute atomic E-state index is 10.7. The van der Waals surface area contributed by atoms with Crippen molar-refractivity contribution < 1.29 is 4.92 Å². The van der Waals surface area contributed by atoms with Crippen molar-refractivity contribution in [3.63, 3.8) is 0 Å². The third-order valence-electron chi connectivity index (χ3n) is 2.76. The minimum absolute atomic E-state index is 0.0701. The van der Waals surface area contributed by atoms with Crippen LogP contribution in [0.4, 0.5) is 11.4 Å². The van der Waals surface area contributed by atoms with Gasteiger partial charge in [0.15, 0.2) is 0 Å². The number of benzene rings is 2. The Labute approximate surface area is 126 Å². The number of nitriles is 1. The van der Waals surface area contributed by atoms with Crippen molar-refractivity contribution in [3.05, 3.63) is 64.2 Å². The summed E-state index contributed by atoms with van der Waals surface area (Å²) in [5, 5.41) is 22.8. The second kappa shape index (κ2) is 7.31. The molecule has 0 heterocycles. The van der Waals surface area contributed by atoms with E-state index in [9.17, 15) is 10.1 Å². The summed E-state index contributed by atoms with van der Waals surface area (Å²) in [5.41, 5.74) is 0.619. The molecule has 0 fully saturated rings. The molecule has 0 aliphatic heterocycles. The highest BCUT2D eigenvalue weighted by atomic mass is 32.2. The van der Waals surface area contributed by atoms with E-state index in [4.69, 9.17) is 5.26 Å². The summed E-state index contributed by atoms with van der Waals surface area (Å²) < 4.78 is 0. The molecule has 21 heavy (non-hydrogen) atoms. The van der Waals surface area contributed by atoms with Gasteiger partial charge in [-0.3, -0.25) is 10.1 Å². The van der Waals surface area contributed by atoms with Crippen molar-refractivity contribution >= 4 is 23.1 Å². The van der Waals surface area contributed by atoms with Crippen LogP contribution in [-0.2, 0) is 0 Å². The number of nitro benzene ring substituents is 1. The predicted octanol–water partition coefficient (Wildman–Crippen LogP) is 3.67. The van der Waals surface area contributed by atoms with Gasteiger partial charge in [-0.05, 0) is 24.3 Å². The molecule has 1 N–H and O–H groups in total. The van der Waals surface area contributed by atoms with E-state index in [1.54, 1.807) is 17.8 Å². The van der Waals surface area contributed by atoms with Gasteiger partial charge in [0.2, 0.25) is 0 Å². The summed E-state index contributed by atoms with van der Waals surface area (Å²) in [4.78, 5) is 11.4. The summed E-state index contributed by atoms with van der Waals surface area (Å²) in [6, 6.07) is 16.4. The average Bonchev–Trinajstić information content (AvgIpc) is 2.52. The van der Waals surface area contributed by atoms with Gasteiger partial charge in [0.1, 0.15) is 11.6 Å². The van der Waals surface area contributed by atoms with Crippen LogP contribution in [0, 0.1) is 21.4 Å². The molecule has 2 rings (SSSR count). The van der Waals surface area contributed by atoms with Crippen LogP contribution < -0.4 is 5.32 Å². The second-order valence-electron chi connectivity index (χ2n) is 4.19. The number of hydrogen-bond acceptors (Lipinski definition) is 5. The topological polar surface area (TPSA) is 79.0 Å². The lowest BCUT2D eigenvalue weighted by atomic mass is 10.2. The smallest absolute Gasteiger partial charge is 0.287 e. The molecule has 2 aromatic carbocycles. The third kappa shape index (κ3) is 4.23. The SMILES string of the molecule is N#Cc1cc(NCCSc2ccccc2)ccc1[N+](=O)[O-]. The zero-order valence-corrected chi connectivity index (χ0v) is 12.0. The van der Waals surface area contributed by atoms with Crippen LogP contribution in [0.15, 0.2) is 53.4 Å². The maximum atomic E-state index is 10.7. The number of thioether (sulfide) groups is 1. The molecule has 0 aliphatic rings. The Morgan fingerprint density at radius 3 is 2.67 bits per heavy atom. The molecule has 0 atom stereocenters. The van der Waals surface area contributed by atoms with Crippen molar-refractivity contribution in [3.8, 4) is 6.07 Å². The van der Waals surface area contributed by atoms with E-state index in [1.165, 1.54) is 17.0 Å². The van der Waals surface area contributed by atoms with Gasteiger partial charge in [-0.25, -0.2) is 0 Å². The van der Waals surface area contributed by atoms with Crippen molar-refractivity contribution in [2.75, 3.05) is 17.6 Å². The highest BCUT2D eigenvalue weighted by Gasteiger charge is 2.13. The van der Waals surface area contributed by atoms with Gasteiger partial charge in [-0.15, -0.1) is 11.8 Å². The highest BCUT2D eigenvalue weighted by molar-refractivity contribution is 7.99. The largest absolute Gasteiger partial charge is 0.384 e. The fourth-order valence-corrected chi connectivity index (χ4v) is 2.57. The normalized spacial score (nSPS) is 9.86. The van der Waals surface area contributed by atoms with Crippen LogP contribution in [0.5, 0.6) is 0 Å². The van der Waals surface area contributed by atoms with Crippen molar-refractivity contribution in [2.45, 2.75) is 4.90 Å². The average molecular weight is 299 g/mol. The fraction of sp³-hybridized carbons (Fsp3) is 0.133. The number of nitrogens with zero attached hydrogens (tertiary/aromatic N) is 2. The third-order valence-corrected chi connectivity index (χ3v) is 3.77. The fourth-order valence-electron chi connectivity index (χ4n) is 1.78. The first-order valence-electron chi connectivity index (χ1n) is 6.31. The molecule has 0 bridgehead atoms. The molecule has 2 aromatic rings. The molecule has 0 radical (unpaired) electrons. The summed E-state index contributed by atoms with van der Waals surface area (Å²) in [7, 11) is 0. The van der Waals surface area contributed by atoms with Crippen molar-refractivity contribution in [1.29, 1.82) is 5.26 Å². The van der Waals surface area contributed by atoms with E-state index in [1.807, 2.05) is 36.4 Å². The quantitative estimate of drug-likeness (QED) is 0.381. The van der Waals surface area contributed by atoms with Gasteiger partial charge in [0.05, 0.1) is 4.92 Å². The number of anilines is 1. The molecular weight excluding hydrogens is 286 g/mol. The Hall–Kier alpha value is -2.52. The molecule has 0 aromatic heterocycles. The Morgan fingerprint density at radius 1 is 1.24 bits per heavy atom. The minimum atomic E-state index is -0.548. The molecule has 0 amide bonds. The molecule has 5 nitrogen and oxygen atoms in total. The van der Waals surface area contributed by atoms with Gasteiger partial charge in [0.25, 0.3) is 5.69 Å². The monoisotopic (exact) mass is 299 g/mol. The number of nitrogens with one attached hydrogen (secondary N) is 1. The summed E-state index contributed by atoms with van der Waals surface area (Å²) in [6.45, 7) is 0.711. The van der Waals surface area contributed by atoms with Crippen LogP contribution in [0.1, 0.15) is 5.56 Å². The van der Waals surface area contributed by atoms with Gasteiger partial charge in [-0.2, -0.15) is 5.26 Å². The van der Waals surface area contributed by atoms with Gasteiger partial charge in [0, 0.05) is 28.9 Å². The minimum Gasteiger partial charge on any atom is -0.384 e. The number of hydrogen-bond donors (Lipinski definition) is 1. The second-order valence-corrected chi connectivity index (χ2v) is 5.36. The lowest BCUT2D eigenvalue weighted by Gasteiger charge is -2.06. The zero-order chi connectivity index (χ0) is 15.1. The first-order chi connectivity index (χ1) is 10.2. The number of rotatable bonds is 6. The van der Waals surface area contributed by atoms with Crippen LogP contribution in [0.2, 0.25) is 0 Å². The Bertz CT molecular complexity index is 668. The first-order valence-corrected chi connectivity index (χ1v) is 7.29. The molecule has 106 valence electrons. The van der Waals surface area contributed by atoms with Crippen molar-refractivity contribution in [1.82, 2.24) is 0 Å². The van der Waals surface area contributed by atoms with Gasteiger partial charge >= 0.3 is 0 Å². The summed E-state index contributed by atoms with van der Waals surface area (Å²) in [5.74, 6) is 0.864. The molecule has 0 saturated carbocycles. The van der Waals surface area contributed by atoms with E-state index >= 15 is 0 Å². The van der Waals surface area contributed by atoms with Crippen molar-refractivity contribution in [2.24, 2.45) is 0 Å². The maximum Gasteiger partial charge on any atom is 0.287 e. The molecule has 0 saturated heterocycles. The standard InChI is InChI=1S/C15H13N3O2S/c16-11-12-10-13(6-7-15(12)18(19)20)17-8-9-21-14-4-2-1-3-5-14/h1-7,10,17H,8-9H2. The molecule has 0 aliphatic carbocycles. The predicted molar refractivity (Wildman–Crippen MR) is 83.5 cm³/mol. The first kappa shape index (κ1) is 14.9. The van der Waals surface area contributed by atoms with E-state index < -0.39 is 4.92 Å². The molecular formula is C15H13N3O2S. The lowest BCUT2D eigenvalue weighted by Crippen LogP contribution is -2.04.